The van der Waals surface area contributed by atoms with Gasteiger partial charge in [-0.3, -0.25) is 0 Å². The molecular formula is C55H62N4+2. The Morgan fingerprint density at radius 1 is 0.475 bits per heavy atom. The van der Waals surface area contributed by atoms with E-state index in [9.17, 15) is 0 Å². The van der Waals surface area contributed by atoms with Crippen LogP contribution in [0.2, 0.25) is 0 Å². The van der Waals surface area contributed by atoms with Crippen LogP contribution in [0.3, 0.4) is 0 Å². The van der Waals surface area contributed by atoms with Crippen molar-refractivity contribution in [3.63, 3.8) is 0 Å². The molecule has 0 aliphatic carbocycles. The average Bonchev–Trinajstić information content (AvgIpc) is 3.71. The second kappa shape index (κ2) is 14.5. The van der Waals surface area contributed by atoms with Crippen molar-refractivity contribution >= 4 is 34.2 Å². The molecule has 4 heteroatoms. The van der Waals surface area contributed by atoms with Crippen molar-refractivity contribution in [1.29, 1.82) is 0 Å². The lowest BCUT2D eigenvalue weighted by molar-refractivity contribution is -0.401. The number of likely N-dealkylation sites (N-methyl/N-ethyl adjacent to an activating group) is 2. The Morgan fingerprint density at radius 3 is 1.17 bits per heavy atom. The molecule has 300 valence electrons. The number of para-hydroxylation sites is 4. The molecule has 59 heavy (non-hydrogen) atoms. The second-order valence-electron chi connectivity index (χ2n) is 19.0. The molecule has 0 unspecified atom stereocenters. The van der Waals surface area contributed by atoms with Crippen LogP contribution in [-0.4, -0.2) is 48.8 Å². The predicted octanol–water partition coefficient (Wildman–Crippen LogP) is 12.4. The van der Waals surface area contributed by atoms with Gasteiger partial charge in [0.25, 0.3) is 0 Å². The van der Waals surface area contributed by atoms with Crippen LogP contribution in [0, 0.1) is 0 Å². The Hall–Kier alpha value is -5.74. The van der Waals surface area contributed by atoms with Crippen molar-refractivity contribution in [1.82, 2.24) is 0 Å². The van der Waals surface area contributed by atoms with Gasteiger partial charge >= 0.3 is 0 Å². The maximum atomic E-state index is 2.37. The van der Waals surface area contributed by atoms with Gasteiger partial charge < -0.3 is 9.80 Å². The first-order valence-electron chi connectivity index (χ1n) is 21.2. The van der Waals surface area contributed by atoms with Gasteiger partial charge in [-0.25, -0.2) is 0 Å². The molecule has 0 atom stereocenters. The Morgan fingerprint density at radius 2 is 0.814 bits per heavy atom. The molecule has 4 aliphatic rings. The van der Waals surface area contributed by atoms with E-state index in [1.165, 1.54) is 79.0 Å². The van der Waals surface area contributed by atoms with Crippen molar-refractivity contribution in [3.8, 4) is 0 Å². The van der Waals surface area contributed by atoms with E-state index < -0.39 is 0 Å². The summed E-state index contributed by atoms with van der Waals surface area (Å²) in [5, 5.41) is 0. The fraction of sp³-hybridized carbons (Fsp3) is 0.309. The quantitative estimate of drug-likeness (QED) is 0.130. The summed E-state index contributed by atoms with van der Waals surface area (Å²) in [5.74, 6) is 0. The molecule has 0 spiro atoms. The van der Waals surface area contributed by atoms with Gasteiger partial charge in [-0.1, -0.05) is 125 Å². The zero-order chi connectivity index (χ0) is 42.1. The highest BCUT2D eigenvalue weighted by Gasteiger charge is 2.44. The Balaban J connectivity index is 1.26. The van der Waals surface area contributed by atoms with Gasteiger partial charge in [0.15, 0.2) is 11.4 Å². The molecule has 0 radical (unpaired) electrons. The first kappa shape index (κ1) is 40.1. The van der Waals surface area contributed by atoms with Crippen LogP contribution in [0.1, 0.15) is 84.1 Å². The zero-order valence-electron chi connectivity index (χ0n) is 37.4. The average molecular weight is 779 g/mol. The summed E-state index contributed by atoms with van der Waals surface area (Å²) in [6, 6.07) is 35.3. The number of rotatable bonds is 8. The van der Waals surface area contributed by atoms with E-state index >= 15 is 0 Å². The summed E-state index contributed by atoms with van der Waals surface area (Å²) >= 11 is 0. The molecule has 0 aromatic heterocycles. The van der Waals surface area contributed by atoms with Crippen molar-refractivity contribution in [3.05, 3.63) is 190 Å². The van der Waals surface area contributed by atoms with Crippen molar-refractivity contribution in [2.24, 2.45) is 0 Å². The van der Waals surface area contributed by atoms with Gasteiger partial charge in [0.1, 0.15) is 14.1 Å². The lowest BCUT2D eigenvalue weighted by atomic mass is 9.81. The van der Waals surface area contributed by atoms with Gasteiger partial charge in [-0.2, -0.15) is 9.15 Å². The third-order valence-corrected chi connectivity index (χ3v) is 14.0. The predicted molar refractivity (Wildman–Crippen MR) is 252 cm³/mol. The van der Waals surface area contributed by atoms with Crippen molar-refractivity contribution in [2.45, 2.75) is 83.5 Å². The third kappa shape index (κ3) is 6.52. The SMILES string of the molecule is CN1/C(=C/C=C(/C=C/C2=[N+](C)c3ccccc3C2(C)C)CC(/C=C/C2=[N+](C)c3ccccc3C2(C)C)=C\C=C2\N(C)c3ccccc3C2(C)C)C(C)(C)c2ccccc21. The zero-order valence-corrected chi connectivity index (χ0v) is 37.4. The van der Waals surface area contributed by atoms with Gasteiger partial charge in [0, 0.05) is 83.1 Å². The standard InChI is InChI=1S/C55H62N4/c1-52(2)40-21-13-17-25-44(40)56(9)48(52)33-29-38(30-34-49-53(3,4)41-22-14-18-26-45(41)57(49)10)37-39(31-35-50-54(5,6)42-23-15-19-27-46(42)58(50)11)32-36-51-55(7,8)43-24-16-20-28-47(43)59(51)12/h13-36H,37H2,1-12H3/q+2. The summed E-state index contributed by atoms with van der Waals surface area (Å²) in [5.41, 5.74) is 17.7. The van der Waals surface area contributed by atoms with Crippen LogP contribution in [0.15, 0.2) is 168 Å². The number of anilines is 2. The first-order chi connectivity index (χ1) is 28.0. The van der Waals surface area contributed by atoms with E-state index in [2.05, 4.69) is 248 Å². The fourth-order valence-electron chi connectivity index (χ4n) is 10.5. The number of allylic oxidation sites excluding steroid dienone is 12. The van der Waals surface area contributed by atoms with Gasteiger partial charge in [-0.05, 0) is 80.7 Å². The molecule has 0 bridgehead atoms. The van der Waals surface area contributed by atoms with E-state index in [4.69, 9.17) is 0 Å². The van der Waals surface area contributed by atoms with E-state index in [1.54, 1.807) is 0 Å². The minimum atomic E-state index is -0.123. The maximum Gasteiger partial charge on any atom is 0.209 e. The van der Waals surface area contributed by atoms with Crippen LogP contribution in [0.5, 0.6) is 0 Å². The van der Waals surface area contributed by atoms with Gasteiger partial charge in [-0.15, -0.1) is 0 Å². The lowest BCUT2D eigenvalue weighted by Crippen LogP contribution is -2.26. The minimum Gasteiger partial charge on any atom is -0.347 e. The molecule has 0 saturated carbocycles. The lowest BCUT2D eigenvalue weighted by Gasteiger charge is -2.24. The second-order valence-corrected chi connectivity index (χ2v) is 19.0. The van der Waals surface area contributed by atoms with Crippen molar-refractivity contribution < 1.29 is 9.15 Å². The smallest absolute Gasteiger partial charge is 0.209 e. The van der Waals surface area contributed by atoms with Gasteiger partial charge in [0.2, 0.25) is 11.4 Å². The highest BCUT2D eigenvalue weighted by atomic mass is 15.2. The van der Waals surface area contributed by atoms with E-state index in [1.807, 2.05) is 0 Å². The molecule has 0 N–H and O–H groups in total. The molecule has 4 nitrogen and oxygen atoms in total. The van der Waals surface area contributed by atoms with Crippen LogP contribution in [-0.2, 0) is 21.7 Å². The summed E-state index contributed by atoms with van der Waals surface area (Å²) < 4.78 is 4.74. The number of benzene rings is 4. The summed E-state index contributed by atoms with van der Waals surface area (Å²) in [6.07, 6.45) is 19.7. The van der Waals surface area contributed by atoms with E-state index in [0.29, 0.717) is 0 Å². The molecule has 0 fully saturated rings. The molecule has 4 aromatic carbocycles. The topological polar surface area (TPSA) is 12.5 Å². The van der Waals surface area contributed by atoms with Crippen LogP contribution >= 0.6 is 0 Å². The van der Waals surface area contributed by atoms with E-state index in [0.717, 1.165) is 6.42 Å². The molecule has 4 aromatic rings. The number of fused-ring (bicyclic) bond motifs is 4. The Labute approximate surface area is 353 Å². The Bertz CT molecular complexity index is 2440. The van der Waals surface area contributed by atoms with Gasteiger partial charge in [0.05, 0.1) is 10.8 Å². The molecule has 0 saturated heterocycles. The normalized spacial score (nSPS) is 21.4. The van der Waals surface area contributed by atoms with Crippen LogP contribution in [0.25, 0.3) is 0 Å². The molecule has 8 rings (SSSR count). The van der Waals surface area contributed by atoms with E-state index in [-0.39, 0.29) is 21.7 Å². The number of hydrogen-bond donors (Lipinski definition) is 0. The summed E-state index contributed by atoms with van der Waals surface area (Å²) in [6.45, 7) is 18.8. The number of hydrogen-bond acceptors (Lipinski definition) is 2. The molecule has 4 heterocycles. The third-order valence-electron chi connectivity index (χ3n) is 14.0. The highest BCUT2D eigenvalue weighted by Crippen LogP contribution is 2.48. The van der Waals surface area contributed by atoms with Crippen LogP contribution in [0.4, 0.5) is 22.7 Å². The first-order valence-corrected chi connectivity index (χ1v) is 21.2. The Kier molecular flexibility index (Phi) is 9.86. The summed E-state index contributed by atoms with van der Waals surface area (Å²) in [7, 11) is 8.83. The van der Waals surface area contributed by atoms with Crippen molar-refractivity contribution in [2.75, 3.05) is 38.0 Å². The van der Waals surface area contributed by atoms with Crippen LogP contribution < -0.4 is 9.80 Å². The molecular weight excluding hydrogens is 717 g/mol. The summed E-state index contributed by atoms with van der Waals surface area (Å²) in [4.78, 5) is 4.74. The monoisotopic (exact) mass is 778 g/mol. The minimum absolute atomic E-state index is 0.123. The molecule has 4 aliphatic heterocycles. The largest absolute Gasteiger partial charge is 0.347 e. The highest BCUT2D eigenvalue weighted by molar-refractivity contribution is 6.04. The maximum absolute atomic E-state index is 2.37. The molecule has 0 amide bonds. The fourth-order valence-corrected chi connectivity index (χ4v) is 10.5. The number of nitrogens with zero attached hydrogens (tertiary/aromatic N) is 4.